The molecule has 6 heteroatoms. The third-order valence-corrected chi connectivity index (χ3v) is 2.78. The molecular weight excluding hydrogens is 250 g/mol. The lowest BCUT2D eigenvalue weighted by molar-refractivity contribution is -0.140. The van der Waals surface area contributed by atoms with Crippen molar-refractivity contribution in [3.63, 3.8) is 0 Å². The molecule has 0 saturated heterocycles. The van der Waals surface area contributed by atoms with Crippen molar-refractivity contribution >= 4 is 11.8 Å². The second kappa shape index (κ2) is 5.71. The standard InChI is InChI=1S/C13H15NO5/c1-17-12(15)7-9(14)13(16)8-2-3-10-11(6-8)19-5-4-18-10/h2-3,6,9H,4-5,7,14H2,1H3. The van der Waals surface area contributed by atoms with Gasteiger partial charge in [-0.1, -0.05) is 0 Å². The van der Waals surface area contributed by atoms with Gasteiger partial charge in [-0.15, -0.1) is 0 Å². The van der Waals surface area contributed by atoms with E-state index < -0.39 is 12.0 Å². The zero-order chi connectivity index (χ0) is 13.8. The van der Waals surface area contributed by atoms with Gasteiger partial charge in [0.2, 0.25) is 0 Å². The smallest absolute Gasteiger partial charge is 0.307 e. The fraction of sp³-hybridized carbons (Fsp3) is 0.385. The third kappa shape index (κ3) is 3.03. The van der Waals surface area contributed by atoms with Gasteiger partial charge in [0, 0.05) is 5.56 Å². The number of esters is 1. The van der Waals surface area contributed by atoms with Crippen molar-refractivity contribution in [2.24, 2.45) is 5.73 Å². The molecule has 0 spiro atoms. The van der Waals surface area contributed by atoms with Crippen LogP contribution in [0.2, 0.25) is 0 Å². The Bertz CT molecular complexity index is 500. The number of carbonyl (C=O) groups is 2. The number of hydrogen-bond donors (Lipinski definition) is 1. The lowest BCUT2D eigenvalue weighted by Gasteiger charge is -2.19. The summed E-state index contributed by atoms with van der Waals surface area (Å²) in [6, 6.07) is 3.92. The topological polar surface area (TPSA) is 87.9 Å². The summed E-state index contributed by atoms with van der Waals surface area (Å²) in [5, 5.41) is 0. The summed E-state index contributed by atoms with van der Waals surface area (Å²) in [4.78, 5) is 23.1. The molecule has 0 fully saturated rings. The van der Waals surface area contributed by atoms with E-state index in [-0.39, 0.29) is 12.2 Å². The molecule has 2 N–H and O–H groups in total. The molecular formula is C13H15NO5. The molecule has 0 aromatic heterocycles. The molecule has 0 radical (unpaired) electrons. The summed E-state index contributed by atoms with van der Waals surface area (Å²) >= 11 is 0. The number of Topliss-reactive ketones (excluding diaryl/α,β-unsaturated/α-hetero) is 1. The molecule has 0 amide bonds. The van der Waals surface area contributed by atoms with Gasteiger partial charge in [-0.05, 0) is 18.2 Å². The number of fused-ring (bicyclic) bond motifs is 1. The maximum atomic E-state index is 12.1. The Morgan fingerprint density at radius 2 is 2.00 bits per heavy atom. The highest BCUT2D eigenvalue weighted by Crippen LogP contribution is 2.31. The molecule has 1 unspecified atom stereocenters. The molecule has 102 valence electrons. The Kier molecular flexibility index (Phi) is 4.01. The van der Waals surface area contributed by atoms with Crippen molar-refractivity contribution in [1.82, 2.24) is 0 Å². The van der Waals surface area contributed by atoms with E-state index in [9.17, 15) is 9.59 Å². The van der Waals surface area contributed by atoms with Crippen molar-refractivity contribution in [3.8, 4) is 11.5 Å². The summed E-state index contributed by atoms with van der Waals surface area (Å²) in [5.74, 6) is 0.271. The normalized spacial score (nSPS) is 14.6. The number of benzene rings is 1. The van der Waals surface area contributed by atoms with E-state index in [2.05, 4.69) is 4.74 Å². The molecule has 1 aliphatic rings. The van der Waals surface area contributed by atoms with Crippen LogP contribution in [0.1, 0.15) is 16.8 Å². The van der Waals surface area contributed by atoms with E-state index in [0.29, 0.717) is 30.3 Å². The van der Waals surface area contributed by atoms with Crippen LogP contribution < -0.4 is 15.2 Å². The Hall–Kier alpha value is -2.08. The Morgan fingerprint density at radius 3 is 2.68 bits per heavy atom. The van der Waals surface area contributed by atoms with E-state index in [1.54, 1.807) is 18.2 Å². The molecule has 1 aliphatic heterocycles. The summed E-state index contributed by atoms with van der Waals surface area (Å²) in [5.41, 5.74) is 6.07. The predicted octanol–water partition coefficient (Wildman–Crippen LogP) is 0.531. The highest BCUT2D eigenvalue weighted by Gasteiger charge is 2.21. The van der Waals surface area contributed by atoms with Crippen LogP contribution in [0.5, 0.6) is 11.5 Å². The minimum atomic E-state index is -0.921. The number of methoxy groups -OCH3 is 1. The molecule has 2 rings (SSSR count). The monoisotopic (exact) mass is 265 g/mol. The quantitative estimate of drug-likeness (QED) is 0.631. The number of rotatable bonds is 4. The minimum absolute atomic E-state index is 0.149. The number of hydrogen-bond acceptors (Lipinski definition) is 6. The molecule has 0 saturated carbocycles. The van der Waals surface area contributed by atoms with Crippen LogP contribution >= 0.6 is 0 Å². The molecule has 1 atom stereocenters. The van der Waals surface area contributed by atoms with Crippen molar-refractivity contribution in [2.45, 2.75) is 12.5 Å². The first-order valence-corrected chi connectivity index (χ1v) is 5.88. The van der Waals surface area contributed by atoms with E-state index in [1.807, 2.05) is 0 Å². The van der Waals surface area contributed by atoms with Crippen LogP contribution in [0.25, 0.3) is 0 Å². The number of nitrogens with two attached hydrogens (primary N) is 1. The Balaban J connectivity index is 2.12. The van der Waals surface area contributed by atoms with Crippen molar-refractivity contribution in [1.29, 1.82) is 0 Å². The van der Waals surface area contributed by atoms with Gasteiger partial charge in [-0.25, -0.2) is 0 Å². The first-order chi connectivity index (χ1) is 9.11. The lowest BCUT2D eigenvalue weighted by atomic mass is 10.0. The van der Waals surface area contributed by atoms with E-state index in [1.165, 1.54) is 7.11 Å². The van der Waals surface area contributed by atoms with Crippen molar-refractivity contribution < 1.29 is 23.8 Å². The van der Waals surface area contributed by atoms with Crippen LogP contribution in [-0.4, -0.2) is 38.1 Å². The van der Waals surface area contributed by atoms with Gasteiger partial charge in [0.25, 0.3) is 0 Å². The molecule has 0 bridgehead atoms. The second-order valence-electron chi connectivity index (χ2n) is 4.11. The molecule has 6 nitrogen and oxygen atoms in total. The lowest BCUT2D eigenvalue weighted by Crippen LogP contribution is -2.33. The maximum Gasteiger partial charge on any atom is 0.307 e. The van der Waals surface area contributed by atoms with Gasteiger partial charge in [0.1, 0.15) is 13.2 Å². The van der Waals surface area contributed by atoms with Gasteiger partial charge >= 0.3 is 5.97 Å². The zero-order valence-electron chi connectivity index (χ0n) is 10.5. The fourth-order valence-electron chi connectivity index (χ4n) is 1.77. The maximum absolute atomic E-state index is 12.1. The summed E-state index contributed by atoms with van der Waals surface area (Å²) in [6.45, 7) is 0.932. The zero-order valence-corrected chi connectivity index (χ0v) is 10.5. The average molecular weight is 265 g/mol. The number of carbonyl (C=O) groups excluding carboxylic acids is 2. The van der Waals surface area contributed by atoms with Gasteiger partial charge in [0.05, 0.1) is 19.6 Å². The van der Waals surface area contributed by atoms with E-state index >= 15 is 0 Å². The highest BCUT2D eigenvalue weighted by atomic mass is 16.6. The van der Waals surface area contributed by atoms with Crippen molar-refractivity contribution in [2.75, 3.05) is 20.3 Å². The number of ether oxygens (including phenoxy) is 3. The Morgan fingerprint density at radius 1 is 1.32 bits per heavy atom. The Labute approximate surface area is 110 Å². The van der Waals surface area contributed by atoms with Gasteiger partial charge < -0.3 is 19.9 Å². The van der Waals surface area contributed by atoms with Crippen LogP contribution in [0.15, 0.2) is 18.2 Å². The van der Waals surface area contributed by atoms with E-state index in [0.717, 1.165) is 0 Å². The average Bonchev–Trinajstić information content (AvgIpc) is 2.45. The summed E-state index contributed by atoms with van der Waals surface area (Å²) < 4.78 is 15.2. The third-order valence-electron chi connectivity index (χ3n) is 2.78. The molecule has 1 heterocycles. The van der Waals surface area contributed by atoms with Crippen LogP contribution in [-0.2, 0) is 9.53 Å². The van der Waals surface area contributed by atoms with E-state index in [4.69, 9.17) is 15.2 Å². The summed E-state index contributed by atoms with van der Waals surface area (Å²) in [7, 11) is 1.25. The minimum Gasteiger partial charge on any atom is -0.486 e. The molecule has 19 heavy (non-hydrogen) atoms. The predicted molar refractivity (Wildman–Crippen MR) is 66.4 cm³/mol. The molecule has 1 aromatic carbocycles. The van der Waals surface area contributed by atoms with Crippen LogP contribution in [0, 0.1) is 0 Å². The molecule has 0 aliphatic carbocycles. The largest absolute Gasteiger partial charge is 0.486 e. The molecule has 1 aromatic rings. The SMILES string of the molecule is COC(=O)CC(N)C(=O)c1ccc2c(c1)OCCO2. The van der Waals surface area contributed by atoms with Gasteiger partial charge in [-0.2, -0.15) is 0 Å². The van der Waals surface area contributed by atoms with Gasteiger partial charge in [-0.3, -0.25) is 9.59 Å². The first-order valence-electron chi connectivity index (χ1n) is 5.88. The van der Waals surface area contributed by atoms with Crippen molar-refractivity contribution in [3.05, 3.63) is 23.8 Å². The number of ketones is 1. The second-order valence-corrected chi connectivity index (χ2v) is 4.11. The first kappa shape index (κ1) is 13.4. The fourth-order valence-corrected chi connectivity index (χ4v) is 1.77. The highest BCUT2D eigenvalue weighted by molar-refractivity contribution is 6.02. The van der Waals surface area contributed by atoms with Gasteiger partial charge in [0.15, 0.2) is 17.3 Å². The summed E-state index contributed by atoms with van der Waals surface area (Å²) in [6.07, 6.45) is -0.149. The van der Waals surface area contributed by atoms with Crippen LogP contribution in [0.4, 0.5) is 0 Å². The van der Waals surface area contributed by atoms with Crippen LogP contribution in [0.3, 0.4) is 0 Å².